The summed E-state index contributed by atoms with van der Waals surface area (Å²) in [4.78, 5) is 14.8. The standard InChI is InChI=1S/C17H27N3O/c1-12-11-13(5-6-15(12)18)16(21)19-14-7-9-20(10-8-14)17(2,3)4/h5-6,11,14H,7-10,18H2,1-4H3,(H,19,21). The summed E-state index contributed by atoms with van der Waals surface area (Å²) in [6.07, 6.45) is 2.02. The molecule has 4 nitrogen and oxygen atoms in total. The molecule has 21 heavy (non-hydrogen) atoms. The maximum absolute atomic E-state index is 12.3. The van der Waals surface area contributed by atoms with Gasteiger partial charge in [0.15, 0.2) is 0 Å². The number of nitrogens with one attached hydrogen (secondary N) is 1. The van der Waals surface area contributed by atoms with Crippen molar-refractivity contribution in [2.24, 2.45) is 0 Å². The lowest BCUT2D eigenvalue weighted by molar-refractivity contribution is 0.0812. The highest BCUT2D eigenvalue weighted by molar-refractivity contribution is 5.95. The van der Waals surface area contributed by atoms with Crippen LogP contribution in [-0.4, -0.2) is 35.5 Å². The number of benzene rings is 1. The summed E-state index contributed by atoms with van der Waals surface area (Å²) in [6.45, 7) is 10.7. The highest BCUT2D eigenvalue weighted by Gasteiger charge is 2.27. The zero-order valence-corrected chi connectivity index (χ0v) is 13.6. The zero-order chi connectivity index (χ0) is 15.6. The second kappa shape index (κ2) is 6.06. The second-order valence-corrected chi connectivity index (χ2v) is 6.98. The number of amides is 1. The number of carbonyl (C=O) groups is 1. The van der Waals surface area contributed by atoms with Crippen LogP contribution in [0.25, 0.3) is 0 Å². The van der Waals surface area contributed by atoms with Crippen LogP contribution in [0.3, 0.4) is 0 Å². The molecule has 0 atom stereocenters. The molecule has 1 saturated heterocycles. The van der Waals surface area contributed by atoms with Crippen LogP contribution in [-0.2, 0) is 0 Å². The average Bonchev–Trinajstić information content (AvgIpc) is 2.41. The van der Waals surface area contributed by atoms with Gasteiger partial charge in [0, 0.05) is 35.9 Å². The van der Waals surface area contributed by atoms with Crippen LogP contribution in [0, 0.1) is 6.92 Å². The van der Waals surface area contributed by atoms with Crippen LogP contribution in [0.4, 0.5) is 5.69 Å². The van der Waals surface area contributed by atoms with E-state index in [2.05, 4.69) is 31.0 Å². The molecule has 0 spiro atoms. The van der Waals surface area contributed by atoms with Crippen molar-refractivity contribution < 1.29 is 4.79 Å². The third-order valence-electron chi connectivity index (χ3n) is 4.31. The van der Waals surface area contributed by atoms with E-state index in [0.29, 0.717) is 5.56 Å². The summed E-state index contributed by atoms with van der Waals surface area (Å²) < 4.78 is 0. The molecule has 1 fully saturated rings. The van der Waals surface area contributed by atoms with Gasteiger partial charge in [0.1, 0.15) is 0 Å². The first-order valence-electron chi connectivity index (χ1n) is 7.69. The monoisotopic (exact) mass is 289 g/mol. The summed E-state index contributed by atoms with van der Waals surface area (Å²) in [7, 11) is 0. The molecule has 1 aromatic rings. The minimum Gasteiger partial charge on any atom is -0.399 e. The van der Waals surface area contributed by atoms with E-state index >= 15 is 0 Å². The number of anilines is 1. The largest absolute Gasteiger partial charge is 0.399 e. The summed E-state index contributed by atoms with van der Waals surface area (Å²) in [5.41, 5.74) is 8.37. The molecule has 0 bridgehead atoms. The Morgan fingerprint density at radius 1 is 1.29 bits per heavy atom. The van der Waals surface area contributed by atoms with E-state index in [1.165, 1.54) is 0 Å². The third kappa shape index (κ3) is 3.97. The Balaban J connectivity index is 1.91. The van der Waals surface area contributed by atoms with Crippen LogP contribution < -0.4 is 11.1 Å². The highest BCUT2D eigenvalue weighted by atomic mass is 16.1. The van der Waals surface area contributed by atoms with E-state index in [0.717, 1.165) is 37.2 Å². The van der Waals surface area contributed by atoms with Crippen molar-refractivity contribution >= 4 is 11.6 Å². The van der Waals surface area contributed by atoms with E-state index in [-0.39, 0.29) is 17.5 Å². The van der Waals surface area contributed by atoms with Gasteiger partial charge in [-0.25, -0.2) is 0 Å². The number of carbonyl (C=O) groups excluding carboxylic acids is 1. The Kier molecular flexibility index (Phi) is 4.57. The topological polar surface area (TPSA) is 58.4 Å². The predicted molar refractivity (Wildman–Crippen MR) is 87.4 cm³/mol. The first kappa shape index (κ1) is 15.8. The molecule has 1 aliphatic heterocycles. The number of nitrogens with two attached hydrogens (primary N) is 1. The van der Waals surface area contributed by atoms with Gasteiger partial charge in [-0.15, -0.1) is 0 Å². The maximum Gasteiger partial charge on any atom is 0.251 e. The van der Waals surface area contributed by atoms with Crippen LogP contribution in [0.1, 0.15) is 49.5 Å². The van der Waals surface area contributed by atoms with Gasteiger partial charge in [0.25, 0.3) is 5.91 Å². The molecule has 0 saturated carbocycles. The summed E-state index contributed by atoms with van der Waals surface area (Å²) >= 11 is 0. The Labute approximate surface area is 127 Å². The number of rotatable bonds is 2. The Bertz CT molecular complexity index is 511. The molecular weight excluding hydrogens is 262 g/mol. The van der Waals surface area contributed by atoms with Crippen molar-refractivity contribution in [3.63, 3.8) is 0 Å². The Hall–Kier alpha value is -1.55. The van der Waals surface area contributed by atoms with E-state index in [1.54, 1.807) is 12.1 Å². The van der Waals surface area contributed by atoms with Gasteiger partial charge in [0.05, 0.1) is 0 Å². The van der Waals surface area contributed by atoms with Crippen LogP contribution in [0.5, 0.6) is 0 Å². The molecule has 116 valence electrons. The molecule has 1 aliphatic rings. The predicted octanol–water partition coefficient (Wildman–Crippen LogP) is 2.57. The number of likely N-dealkylation sites (tertiary alicyclic amines) is 1. The van der Waals surface area contributed by atoms with Crippen molar-refractivity contribution in [1.29, 1.82) is 0 Å². The van der Waals surface area contributed by atoms with Crippen LogP contribution in [0.15, 0.2) is 18.2 Å². The summed E-state index contributed by atoms with van der Waals surface area (Å²) in [5.74, 6) is 0.00677. The van der Waals surface area contributed by atoms with Gasteiger partial charge < -0.3 is 11.1 Å². The third-order valence-corrected chi connectivity index (χ3v) is 4.31. The second-order valence-electron chi connectivity index (χ2n) is 6.98. The minimum absolute atomic E-state index is 0.00677. The lowest BCUT2D eigenvalue weighted by Crippen LogP contribution is -2.50. The maximum atomic E-state index is 12.3. The molecular formula is C17H27N3O. The van der Waals surface area contributed by atoms with Crippen molar-refractivity contribution in [3.05, 3.63) is 29.3 Å². The lowest BCUT2D eigenvalue weighted by atomic mass is 9.98. The van der Waals surface area contributed by atoms with Gasteiger partial charge in [-0.05, 0) is 64.3 Å². The SMILES string of the molecule is Cc1cc(C(=O)NC2CCN(C(C)(C)C)CC2)ccc1N. The molecule has 0 radical (unpaired) electrons. The molecule has 0 aromatic heterocycles. The average molecular weight is 289 g/mol. The van der Waals surface area contributed by atoms with Crippen molar-refractivity contribution in [2.75, 3.05) is 18.8 Å². The van der Waals surface area contributed by atoms with Crippen LogP contribution >= 0.6 is 0 Å². The first-order valence-corrected chi connectivity index (χ1v) is 7.69. The fraction of sp³-hybridized carbons (Fsp3) is 0.588. The van der Waals surface area contributed by atoms with E-state index in [1.807, 2.05) is 13.0 Å². The van der Waals surface area contributed by atoms with Gasteiger partial charge in [0.2, 0.25) is 0 Å². The van der Waals surface area contributed by atoms with Crippen molar-refractivity contribution in [3.8, 4) is 0 Å². The molecule has 0 unspecified atom stereocenters. The van der Waals surface area contributed by atoms with Crippen molar-refractivity contribution in [1.82, 2.24) is 10.2 Å². The number of nitrogens with zero attached hydrogens (tertiary/aromatic N) is 1. The van der Waals surface area contributed by atoms with Crippen molar-refractivity contribution in [2.45, 2.75) is 52.1 Å². The number of nitrogen functional groups attached to an aromatic ring is 1. The normalized spacial score (nSPS) is 17.7. The Morgan fingerprint density at radius 2 is 1.90 bits per heavy atom. The first-order chi connectivity index (χ1) is 9.77. The van der Waals surface area contributed by atoms with E-state index in [9.17, 15) is 4.79 Å². The number of aryl methyl sites for hydroxylation is 1. The summed E-state index contributed by atoms with van der Waals surface area (Å²) in [6, 6.07) is 5.72. The van der Waals surface area contributed by atoms with Gasteiger partial charge in [-0.2, -0.15) is 0 Å². The molecule has 1 amide bonds. The molecule has 3 N–H and O–H groups in total. The quantitative estimate of drug-likeness (QED) is 0.823. The fourth-order valence-electron chi connectivity index (χ4n) is 2.78. The number of piperidine rings is 1. The van der Waals surface area contributed by atoms with Gasteiger partial charge in [-0.3, -0.25) is 9.69 Å². The molecule has 2 rings (SSSR count). The van der Waals surface area contributed by atoms with E-state index < -0.39 is 0 Å². The number of hydrogen-bond donors (Lipinski definition) is 2. The number of hydrogen-bond acceptors (Lipinski definition) is 3. The van der Waals surface area contributed by atoms with E-state index in [4.69, 9.17) is 5.73 Å². The van der Waals surface area contributed by atoms with Gasteiger partial charge in [-0.1, -0.05) is 0 Å². The van der Waals surface area contributed by atoms with Crippen LogP contribution in [0.2, 0.25) is 0 Å². The minimum atomic E-state index is 0.00677. The smallest absolute Gasteiger partial charge is 0.251 e. The molecule has 4 heteroatoms. The molecule has 1 aromatic carbocycles. The fourth-order valence-corrected chi connectivity index (χ4v) is 2.78. The van der Waals surface area contributed by atoms with Gasteiger partial charge >= 0.3 is 0 Å². The lowest BCUT2D eigenvalue weighted by Gasteiger charge is -2.41. The molecule has 0 aliphatic carbocycles. The molecule has 1 heterocycles. The zero-order valence-electron chi connectivity index (χ0n) is 13.6. The Morgan fingerprint density at radius 3 is 2.43 bits per heavy atom. The highest BCUT2D eigenvalue weighted by Crippen LogP contribution is 2.20. The summed E-state index contributed by atoms with van der Waals surface area (Å²) in [5, 5.41) is 3.15.